The molecule has 1 saturated heterocycles. The molecule has 2 rings (SSSR count). The third kappa shape index (κ3) is 2.93. The first-order chi connectivity index (χ1) is 8.52. The zero-order chi connectivity index (χ0) is 13.2. The van der Waals surface area contributed by atoms with Crippen molar-refractivity contribution in [2.45, 2.75) is 24.5 Å². The van der Waals surface area contributed by atoms with Gasteiger partial charge < -0.3 is 10.4 Å². The van der Waals surface area contributed by atoms with Crippen molar-refractivity contribution in [2.24, 2.45) is 0 Å². The Hall–Kier alpha value is -0.870. The van der Waals surface area contributed by atoms with Crippen molar-refractivity contribution in [3.8, 4) is 0 Å². The average Bonchev–Trinajstić information content (AvgIpc) is 2.73. The molecule has 3 nitrogen and oxygen atoms in total. The van der Waals surface area contributed by atoms with Gasteiger partial charge in [-0.15, -0.1) is 0 Å². The molecule has 0 aromatic heterocycles. The minimum Gasteiger partial charge on any atom is -0.478 e. The van der Waals surface area contributed by atoms with E-state index in [1.54, 1.807) is 18.2 Å². The maximum absolute atomic E-state index is 11.2. The summed E-state index contributed by atoms with van der Waals surface area (Å²) in [7, 11) is 0. The zero-order valence-electron chi connectivity index (χ0n) is 10.2. The first-order valence-electron chi connectivity index (χ1n) is 5.91. The van der Waals surface area contributed by atoms with Gasteiger partial charge in [0.2, 0.25) is 0 Å². The second-order valence-corrected chi connectivity index (χ2v) is 6.81. The van der Waals surface area contributed by atoms with Crippen LogP contribution in [0.3, 0.4) is 0 Å². The molecule has 98 valence electrons. The quantitative estimate of drug-likeness (QED) is 0.885. The molecule has 1 unspecified atom stereocenters. The van der Waals surface area contributed by atoms with Gasteiger partial charge in [0.05, 0.1) is 10.7 Å². The number of halogens is 1. The van der Waals surface area contributed by atoms with Gasteiger partial charge in [-0.05, 0) is 37.7 Å². The number of hydrogen-bond acceptors (Lipinski definition) is 3. The van der Waals surface area contributed by atoms with Crippen molar-refractivity contribution in [3.63, 3.8) is 0 Å². The van der Waals surface area contributed by atoms with Crippen LogP contribution >= 0.6 is 23.4 Å². The summed E-state index contributed by atoms with van der Waals surface area (Å²) in [5.41, 5.74) is 0.759. The second-order valence-electron chi connectivity index (χ2n) is 4.72. The predicted molar refractivity (Wildman–Crippen MR) is 77.0 cm³/mol. The minimum atomic E-state index is -0.993. The fourth-order valence-corrected chi connectivity index (χ4v) is 3.65. The first-order valence-corrected chi connectivity index (χ1v) is 7.28. The molecule has 0 spiro atoms. The third-order valence-corrected chi connectivity index (χ3v) is 5.03. The molecule has 1 atom stereocenters. The molecule has 18 heavy (non-hydrogen) atoms. The van der Waals surface area contributed by atoms with Crippen LogP contribution in [0.5, 0.6) is 0 Å². The Labute approximate surface area is 116 Å². The number of carboxylic acid groups (broad SMARTS) is 1. The molecule has 0 saturated carbocycles. The van der Waals surface area contributed by atoms with E-state index in [0.717, 1.165) is 13.0 Å². The Morgan fingerprint density at radius 1 is 1.61 bits per heavy atom. The molecule has 0 aliphatic carbocycles. The molecule has 1 aromatic carbocycles. The Bertz CT molecular complexity index is 458. The summed E-state index contributed by atoms with van der Waals surface area (Å²) in [6.07, 6.45) is 2.39. The number of hydrogen-bond donors (Lipinski definition) is 2. The van der Waals surface area contributed by atoms with Gasteiger partial charge in [-0.3, -0.25) is 0 Å². The standard InChI is InChI=1S/C13H16ClNO2S/c1-13(6-3-7-18-13)8-15-10-5-2-4-9(14)11(10)12(16)17/h2,4-5,15H,3,6-8H2,1H3,(H,16,17). The van der Waals surface area contributed by atoms with Gasteiger partial charge in [0, 0.05) is 11.3 Å². The highest BCUT2D eigenvalue weighted by Gasteiger charge is 2.29. The smallest absolute Gasteiger partial charge is 0.339 e. The van der Waals surface area contributed by atoms with E-state index in [4.69, 9.17) is 11.6 Å². The monoisotopic (exact) mass is 285 g/mol. The van der Waals surface area contributed by atoms with Crippen molar-refractivity contribution in [2.75, 3.05) is 17.6 Å². The van der Waals surface area contributed by atoms with Crippen molar-refractivity contribution in [1.82, 2.24) is 0 Å². The van der Waals surface area contributed by atoms with Crippen LogP contribution in [-0.4, -0.2) is 28.1 Å². The van der Waals surface area contributed by atoms with Gasteiger partial charge in [-0.2, -0.15) is 11.8 Å². The van der Waals surface area contributed by atoms with Crippen LogP contribution in [0.4, 0.5) is 5.69 Å². The van der Waals surface area contributed by atoms with Crippen LogP contribution in [-0.2, 0) is 0 Å². The lowest BCUT2D eigenvalue weighted by Crippen LogP contribution is -2.27. The van der Waals surface area contributed by atoms with Crippen LogP contribution in [0, 0.1) is 0 Å². The first kappa shape index (κ1) is 13.6. The fraction of sp³-hybridized carbons (Fsp3) is 0.462. The van der Waals surface area contributed by atoms with E-state index in [0.29, 0.717) is 5.69 Å². The lowest BCUT2D eigenvalue weighted by molar-refractivity contribution is 0.0698. The van der Waals surface area contributed by atoms with Crippen LogP contribution in [0.15, 0.2) is 18.2 Å². The lowest BCUT2D eigenvalue weighted by Gasteiger charge is -2.24. The van der Waals surface area contributed by atoms with Crippen LogP contribution < -0.4 is 5.32 Å². The second kappa shape index (κ2) is 5.41. The lowest BCUT2D eigenvalue weighted by atomic mass is 10.1. The van der Waals surface area contributed by atoms with Gasteiger partial charge in [0.15, 0.2) is 0 Å². The highest BCUT2D eigenvalue weighted by molar-refractivity contribution is 8.00. The number of thioether (sulfide) groups is 1. The van der Waals surface area contributed by atoms with Crippen molar-refractivity contribution >= 4 is 35.0 Å². The van der Waals surface area contributed by atoms with Crippen molar-refractivity contribution in [3.05, 3.63) is 28.8 Å². The number of rotatable bonds is 4. The third-order valence-electron chi connectivity index (χ3n) is 3.18. The highest BCUT2D eigenvalue weighted by atomic mass is 35.5. The van der Waals surface area contributed by atoms with Crippen molar-refractivity contribution in [1.29, 1.82) is 0 Å². The summed E-state index contributed by atoms with van der Waals surface area (Å²) in [5, 5.41) is 12.7. The summed E-state index contributed by atoms with van der Waals surface area (Å²) in [6.45, 7) is 2.97. The Morgan fingerprint density at radius 3 is 3.00 bits per heavy atom. The van der Waals surface area contributed by atoms with E-state index in [2.05, 4.69) is 12.2 Å². The maximum Gasteiger partial charge on any atom is 0.339 e. The van der Waals surface area contributed by atoms with Crippen molar-refractivity contribution < 1.29 is 9.90 Å². The highest BCUT2D eigenvalue weighted by Crippen LogP contribution is 2.38. The van der Waals surface area contributed by atoms with Gasteiger partial charge in [0.25, 0.3) is 0 Å². The topological polar surface area (TPSA) is 49.3 Å². The van der Waals surface area contributed by atoms with Crippen LogP contribution in [0.25, 0.3) is 0 Å². The number of carboxylic acids is 1. The molecule has 0 bridgehead atoms. The Morgan fingerprint density at radius 2 is 2.39 bits per heavy atom. The molecular formula is C13H16ClNO2S. The number of benzene rings is 1. The van der Waals surface area contributed by atoms with E-state index in [1.807, 2.05) is 11.8 Å². The average molecular weight is 286 g/mol. The molecule has 0 radical (unpaired) electrons. The number of anilines is 1. The molecule has 1 aliphatic heterocycles. The summed E-state index contributed by atoms with van der Waals surface area (Å²) in [6, 6.07) is 5.13. The summed E-state index contributed by atoms with van der Waals surface area (Å²) in [4.78, 5) is 11.2. The maximum atomic E-state index is 11.2. The summed E-state index contributed by atoms with van der Waals surface area (Å²) >= 11 is 7.87. The molecular weight excluding hydrogens is 270 g/mol. The largest absolute Gasteiger partial charge is 0.478 e. The number of aromatic carboxylic acids is 1. The predicted octanol–water partition coefficient (Wildman–Crippen LogP) is 3.74. The van der Waals surface area contributed by atoms with Gasteiger partial charge in [0.1, 0.15) is 5.56 Å². The molecule has 0 amide bonds. The molecule has 2 N–H and O–H groups in total. The van der Waals surface area contributed by atoms with E-state index in [-0.39, 0.29) is 15.3 Å². The molecule has 1 aliphatic rings. The van der Waals surface area contributed by atoms with Crippen LogP contribution in [0.2, 0.25) is 5.02 Å². The molecule has 1 heterocycles. The Balaban J connectivity index is 2.14. The normalized spacial score (nSPS) is 23.0. The van der Waals surface area contributed by atoms with E-state index in [9.17, 15) is 9.90 Å². The van der Waals surface area contributed by atoms with E-state index >= 15 is 0 Å². The van der Waals surface area contributed by atoms with Gasteiger partial charge >= 0.3 is 5.97 Å². The fourth-order valence-electron chi connectivity index (χ4n) is 2.15. The van der Waals surface area contributed by atoms with Gasteiger partial charge in [-0.25, -0.2) is 4.79 Å². The van der Waals surface area contributed by atoms with E-state index in [1.165, 1.54) is 12.2 Å². The zero-order valence-corrected chi connectivity index (χ0v) is 11.8. The van der Waals surface area contributed by atoms with Gasteiger partial charge in [-0.1, -0.05) is 17.7 Å². The number of nitrogens with one attached hydrogen (secondary N) is 1. The Kier molecular flexibility index (Phi) is 4.07. The SMILES string of the molecule is CC1(CNc2cccc(Cl)c2C(=O)O)CCCS1. The van der Waals surface area contributed by atoms with E-state index < -0.39 is 5.97 Å². The number of carbonyl (C=O) groups is 1. The molecule has 5 heteroatoms. The van der Waals surface area contributed by atoms with Crippen LogP contribution in [0.1, 0.15) is 30.1 Å². The summed E-state index contributed by atoms with van der Waals surface area (Å²) in [5.74, 6) is 0.187. The molecule has 1 fully saturated rings. The summed E-state index contributed by atoms with van der Waals surface area (Å²) < 4.78 is 0.193. The minimum absolute atomic E-state index is 0.158. The molecule has 1 aromatic rings.